The van der Waals surface area contributed by atoms with Gasteiger partial charge in [-0.3, -0.25) is 9.78 Å². The molecule has 0 bridgehead atoms. The molecule has 5 rings (SSSR count). The molecule has 1 aromatic carbocycles. The number of nitrogens with zero attached hydrogens (tertiary/aromatic N) is 4. The Bertz CT molecular complexity index is 1130. The molecule has 1 aliphatic rings. The summed E-state index contributed by atoms with van der Waals surface area (Å²) in [5.74, 6) is 1.59. The fourth-order valence-corrected chi connectivity index (χ4v) is 3.99. The summed E-state index contributed by atoms with van der Waals surface area (Å²) < 4.78 is 5.40. The second-order valence-corrected chi connectivity index (χ2v) is 7.49. The molecule has 1 saturated heterocycles. The minimum Gasteiger partial charge on any atom is -0.361 e. The predicted octanol–water partition coefficient (Wildman–Crippen LogP) is 3.71. The van der Waals surface area contributed by atoms with Crippen molar-refractivity contribution in [3.8, 4) is 11.5 Å². The molecule has 1 aliphatic heterocycles. The van der Waals surface area contributed by atoms with Crippen LogP contribution in [0.3, 0.4) is 0 Å². The number of piperidine rings is 1. The zero-order chi connectivity index (χ0) is 19.6. The van der Waals surface area contributed by atoms with Crippen molar-refractivity contribution in [2.75, 3.05) is 13.1 Å². The molecule has 1 unspecified atom stereocenters. The maximum absolute atomic E-state index is 13.0. The first-order valence-electron chi connectivity index (χ1n) is 9.86. The van der Waals surface area contributed by atoms with E-state index in [0.29, 0.717) is 30.6 Å². The lowest BCUT2D eigenvalue weighted by atomic mass is 9.94. The van der Waals surface area contributed by atoms with E-state index < -0.39 is 0 Å². The van der Waals surface area contributed by atoms with E-state index in [1.54, 1.807) is 12.4 Å². The lowest BCUT2D eigenvalue weighted by molar-refractivity contribution is 0.0672. The number of aromatic nitrogens is 4. The Balaban J connectivity index is 1.27. The summed E-state index contributed by atoms with van der Waals surface area (Å²) in [5.41, 5.74) is 2.57. The molecule has 4 aromatic rings. The van der Waals surface area contributed by atoms with Gasteiger partial charge in [-0.2, -0.15) is 4.98 Å². The van der Waals surface area contributed by atoms with Gasteiger partial charge in [-0.25, -0.2) is 0 Å². The molecule has 3 aromatic heterocycles. The van der Waals surface area contributed by atoms with Crippen molar-refractivity contribution in [1.82, 2.24) is 25.0 Å². The zero-order valence-electron chi connectivity index (χ0n) is 15.9. The third kappa shape index (κ3) is 3.63. The highest BCUT2D eigenvalue weighted by atomic mass is 16.5. The Kier molecular flexibility index (Phi) is 4.56. The maximum Gasteiger partial charge on any atom is 0.258 e. The summed E-state index contributed by atoms with van der Waals surface area (Å²) >= 11 is 0. The van der Waals surface area contributed by atoms with Gasteiger partial charge >= 0.3 is 0 Å². The number of H-pyrrole nitrogens is 1. The number of hydrogen-bond donors (Lipinski definition) is 1. The third-order valence-electron chi connectivity index (χ3n) is 5.47. The van der Waals surface area contributed by atoms with Crippen LogP contribution in [-0.4, -0.2) is 44.0 Å². The number of pyridine rings is 1. The molecule has 0 radical (unpaired) electrons. The molecule has 1 atom stereocenters. The van der Waals surface area contributed by atoms with Crippen molar-refractivity contribution in [2.45, 2.75) is 19.3 Å². The summed E-state index contributed by atoms with van der Waals surface area (Å²) in [4.78, 5) is 26.7. The van der Waals surface area contributed by atoms with Gasteiger partial charge in [-0.05, 0) is 54.5 Å². The highest BCUT2D eigenvalue weighted by Gasteiger charge is 2.26. The molecular formula is C22H21N5O2. The normalized spacial score (nSPS) is 17.0. The molecule has 1 fully saturated rings. The van der Waals surface area contributed by atoms with E-state index in [-0.39, 0.29) is 5.91 Å². The lowest BCUT2D eigenvalue weighted by Gasteiger charge is -2.32. The van der Waals surface area contributed by atoms with Crippen molar-refractivity contribution in [3.05, 3.63) is 66.4 Å². The molecule has 0 spiro atoms. The molecule has 7 nitrogen and oxygen atoms in total. The van der Waals surface area contributed by atoms with E-state index in [2.05, 4.69) is 20.1 Å². The standard InChI is InChI=1S/C22H21N5O2/c28-22(18-4-3-16-7-10-24-19(16)13-18)27-11-1-2-15(14-27)12-20-25-21(29-26-20)17-5-8-23-9-6-17/h3-10,13,15,24H,1-2,11-12,14H2. The van der Waals surface area contributed by atoms with Crippen LogP contribution in [0.4, 0.5) is 0 Å². The summed E-state index contributed by atoms with van der Waals surface area (Å²) in [6.45, 7) is 1.49. The first kappa shape index (κ1) is 17.6. The van der Waals surface area contributed by atoms with Gasteiger partial charge < -0.3 is 14.4 Å². The molecule has 146 valence electrons. The number of likely N-dealkylation sites (tertiary alicyclic amines) is 1. The van der Waals surface area contributed by atoms with Crippen molar-refractivity contribution in [1.29, 1.82) is 0 Å². The summed E-state index contributed by atoms with van der Waals surface area (Å²) in [6.07, 6.45) is 8.03. The number of carbonyl (C=O) groups excluding carboxylic acids is 1. The summed E-state index contributed by atoms with van der Waals surface area (Å²) in [7, 11) is 0. The van der Waals surface area contributed by atoms with Crippen molar-refractivity contribution < 1.29 is 9.32 Å². The molecule has 4 heterocycles. The van der Waals surface area contributed by atoms with Crippen LogP contribution in [-0.2, 0) is 6.42 Å². The number of nitrogens with one attached hydrogen (secondary N) is 1. The number of benzene rings is 1. The number of rotatable bonds is 4. The largest absolute Gasteiger partial charge is 0.361 e. The molecular weight excluding hydrogens is 366 g/mol. The van der Waals surface area contributed by atoms with E-state index in [9.17, 15) is 4.79 Å². The maximum atomic E-state index is 13.0. The van der Waals surface area contributed by atoms with Crippen LogP contribution >= 0.6 is 0 Å². The van der Waals surface area contributed by atoms with Crippen LogP contribution in [0.15, 0.2) is 59.5 Å². The molecule has 29 heavy (non-hydrogen) atoms. The van der Waals surface area contributed by atoms with Gasteiger partial charge in [-0.1, -0.05) is 11.2 Å². The van der Waals surface area contributed by atoms with Crippen LogP contribution in [0.1, 0.15) is 29.0 Å². The Hall–Kier alpha value is -3.48. The Morgan fingerprint density at radius 1 is 1.21 bits per heavy atom. The average Bonchev–Trinajstić information content (AvgIpc) is 3.43. The van der Waals surface area contributed by atoms with E-state index in [4.69, 9.17) is 4.52 Å². The minimum absolute atomic E-state index is 0.0804. The van der Waals surface area contributed by atoms with Gasteiger partial charge in [0.05, 0.1) is 0 Å². The monoisotopic (exact) mass is 387 g/mol. The topological polar surface area (TPSA) is 87.9 Å². The van der Waals surface area contributed by atoms with E-state index >= 15 is 0 Å². The van der Waals surface area contributed by atoms with Gasteiger partial charge in [0.1, 0.15) is 0 Å². The van der Waals surface area contributed by atoms with Crippen LogP contribution in [0, 0.1) is 5.92 Å². The lowest BCUT2D eigenvalue weighted by Crippen LogP contribution is -2.40. The van der Waals surface area contributed by atoms with E-state index in [1.165, 1.54) is 0 Å². The van der Waals surface area contributed by atoms with Crippen LogP contribution < -0.4 is 0 Å². The Labute approximate surface area is 167 Å². The fourth-order valence-electron chi connectivity index (χ4n) is 3.99. The van der Waals surface area contributed by atoms with Gasteiger partial charge in [0, 0.05) is 54.7 Å². The molecule has 0 aliphatic carbocycles. The average molecular weight is 387 g/mol. The van der Waals surface area contributed by atoms with Gasteiger partial charge in [-0.15, -0.1) is 0 Å². The summed E-state index contributed by atoms with van der Waals surface area (Å²) in [6, 6.07) is 11.5. The SMILES string of the molecule is O=C(c1ccc2cc[nH]c2c1)N1CCCC(Cc2noc(-c3ccncc3)n2)C1. The van der Waals surface area contributed by atoms with Gasteiger partial charge in [0.15, 0.2) is 5.82 Å². The van der Waals surface area contributed by atoms with Crippen molar-refractivity contribution in [2.24, 2.45) is 5.92 Å². The Morgan fingerprint density at radius 3 is 3.00 bits per heavy atom. The number of carbonyl (C=O) groups is 1. The molecule has 7 heteroatoms. The van der Waals surface area contributed by atoms with Crippen LogP contribution in [0.25, 0.3) is 22.4 Å². The number of hydrogen-bond acceptors (Lipinski definition) is 5. The fraction of sp³-hybridized carbons (Fsp3) is 0.273. The molecule has 1 N–H and O–H groups in total. The number of aromatic amines is 1. The third-order valence-corrected chi connectivity index (χ3v) is 5.47. The highest BCUT2D eigenvalue weighted by molar-refractivity contribution is 5.98. The first-order chi connectivity index (χ1) is 14.3. The van der Waals surface area contributed by atoms with Crippen LogP contribution in [0.5, 0.6) is 0 Å². The highest BCUT2D eigenvalue weighted by Crippen LogP contribution is 2.24. The second-order valence-electron chi connectivity index (χ2n) is 7.49. The van der Waals surface area contributed by atoms with E-state index in [1.807, 2.05) is 47.5 Å². The summed E-state index contributed by atoms with van der Waals surface area (Å²) in [5, 5.41) is 5.24. The predicted molar refractivity (Wildman–Crippen MR) is 108 cm³/mol. The van der Waals surface area contributed by atoms with Crippen molar-refractivity contribution >= 4 is 16.8 Å². The first-order valence-corrected chi connectivity index (χ1v) is 9.86. The van der Waals surface area contributed by atoms with Crippen LogP contribution in [0.2, 0.25) is 0 Å². The smallest absolute Gasteiger partial charge is 0.258 e. The second kappa shape index (κ2) is 7.50. The number of amides is 1. The molecule has 1 amide bonds. The van der Waals surface area contributed by atoms with Gasteiger partial charge in [0.2, 0.25) is 0 Å². The zero-order valence-corrected chi connectivity index (χ0v) is 15.9. The van der Waals surface area contributed by atoms with Gasteiger partial charge in [0.25, 0.3) is 11.8 Å². The Morgan fingerprint density at radius 2 is 2.10 bits per heavy atom. The molecule has 0 saturated carbocycles. The quantitative estimate of drug-likeness (QED) is 0.577. The van der Waals surface area contributed by atoms with E-state index in [0.717, 1.165) is 41.4 Å². The van der Waals surface area contributed by atoms with Crippen molar-refractivity contribution in [3.63, 3.8) is 0 Å². The minimum atomic E-state index is 0.0804. The number of fused-ring (bicyclic) bond motifs is 1.